The second kappa shape index (κ2) is 15.0. The minimum atomic E-state index is -0.0804. The van der Waals surface area contributed by atoms with Crippen molar-refractivity contribution in [1.82, 2.24) is 9.80 Å². The van der Waals surface area contributed by atoms with E-state index < -0.39 is 0 Å². The highest BCUT2D eigenvalue weighted by atomic mass is 32.1. The molecule has 8 heteroatoms. The molecule has 272 valence electrons. The molecule has 0 bridgehead atoms. The lowest BCUT2D eigenvalue weighted by Gasteiger charge is -2.28. The van der Waals surface area contributed by atoms with Gasteiger partial charge in [0.1, 0.15) is 22.7 Å². The summed E-state index contributed by atoms with van der Waals surface area (Å²) in [7, 11) is 0. The van der Waals surface area contributed by atoms with Gasteiger partial charge < -0.3 is 18.6 Å². The summed E-state index contributed by atoms with van der Waals surface area (Å²) in [5.41, 5.74) is 4.23. The SMILES string of the molecule is CCCCC(C)CN1C(=O)C2=C(c3ccc(-c4cc5ccccc5o4)s3)N(CC(CC)CCCC)C(=O)C2=C1c1ccc(-c2cc3ccccc3o2)s1. The Hall–Kier alpha value is -4.66. The molecule has 0 spiro atoms. The minimum absolute atomic E-state index is 0.0746. The van der Waals surface area contributed by atoms with E-state index in [9.17, 15) is 4.79 Å². The summed E-state index contributed by atoms with van der Waals surface area (Å²) in [6.45, 7) is 9.98. The van der Waals surface area contributed by atoms with Crippen LogP contribution in [0.5, 0.6) is 0 Å². The van der Waals surface area contributed by atoms with Crippen LogP contribution in [0.15, 0.2) is 105 Å². The van der Waals surface area contributed by atoms with Gasteiger partial charge in [-0.15, -0.1) is 22.7 Å². The molecular weight excluding hydrogens is 697 g/mol. The number of rotatable bonds is 15. The number of carbonyl (C=O) groups excluding carboxylic acids is 2. The van der Waals surface area contributed by atoms with Crippen LogP contribution in [-0.4, -0.2) is 34.7 Å². The molecule has 2 amide bonds. The van der Waals surface area contributed by atoms with Crippen molar-refractivity contribution in [1.29, 1.82) is 0 Å². The molecule has 2 atom stereocenters. The van der Waals surface area contributed by atoms with Gasteiger partial charge in [0.2, 0.25) is 0 Å². The van der Waals surface area contributed by atoms with Crippen LogP contribution in [0, 0.1) is 11.8 Å². The van der Waals surface area contributed by atoms with Gasteiger partial charge in [-0.2, -0.15) is 0 Å². The second-order valence-corrected chi connectivity index (χ2v) is 16.7. The van der Waals surface area contributed by atoms with Crippen molar-refractivity contribution in [2.45, 2.75) is 72.6 Å². The van der Waals surface area contributed by atoms with Gasteiger partial charge in [-0.1, -0.05) is 96.2 Å². The van der Waals surface area contributed by atoms with E-state index in [1.54, 1.807) is 22.7 Å². The van der Waals surface area contributed by atoms with Crippen LogP contribution in [0.2, 0.25) is 0 Å². The molecule has 0 N–H and O–H groups in total. The first-order valence-electron chi connectivity index (χ1n) is 19.2. The Morgan fingerprint density at radius 3 is 1.57 bits per heavy atom. The van der Waals surface area contributed by atoms with E-state index in [0.717, 1.165) is 109 Å². The van der Waals surface area contributed by atoms with Crippen molar-refractivity contribution in [3.05, 3.63) is 106 Å². The van der Waals surface area contributed by atoms with E-state index in [4.69, 9.17) is 8.83 Å². The fourth-order valence-corrected chi connectivity index (χ4v) is 9.83. The number of carbonyl (C=O) groups is 2. The number of benzene rings is 2. The van der Waals surface area contributed by atoms with Gasteiger partial charge >= 0.3 is 0 Å². The van der Waals surface area contributed by atoms with Crippen LogP contribution < -0.4 is 0 Å². The maximum absolute atomic E-state index is 15.0. The molecule has 2 aliphatic heterocycles. The van der Waals surface area contributed by atoms with E-state index in [1.165, 1.54) is 0 Å². The third kappa shape index (κ3) is 6.61. The van der Waals surface area contributed by atoms with Gasteiger partial charge in [0.15, 0.2) is 0 Å². The Balaban J connectivity index is 1.27. The lowest BCUT2D eigenvalue weighted by Crippen LogP contribution is -2.34. The largest absolute Gasteiger partial charge is 0.455 e. The number of para-hydroxylation sites is 2. The molecule has 0 saturated heterocycles. The van der Waals surface area contributed by atoms with Gasteiger partial charge in [-0.3, -0.25) is 9.59 Å². The predicted octanol–water partition coefficient (Wildman–Crippen LogP) is 12.5. The average Bonchev–Trinajstić information content (AvgIpc) is 4.02. The third-order valence-corrected chi connectivity index (χ3v) is 12.9. The average molecular weight is 743 g/mol. The number of unbranched alkanes of at least 4 members (excludes halogenated alkanes) is 2. The van der Waals surface area contributed by atoms with Gasteiger partial charge in [-0.05, 0) is 73.2 Å². The highest BCUT2D eigenvalue weighted by molar-refractivity contribution is 7.17. The molecule has 8 rings (SSSR count). The molecule has 6 heterocycles. The first-order valence-corrected chi connectivity index (χ1v) is 20.8. The quantitative estimate of drug-likeness (QED) is 0.105. The lowest BCUT2D eigenvalue weighted by atomic mass is 9.98. The summed E-state index contributed by atoms with van der Waals surface area (Å²) < 4.78 is 12.5. The van der Waals surface area contributed by atoms with Crippen LogP contribution in [0.4, 0.5) is 0 Å². The maximum Gasteiger partial charge on any atom is 0.261 e. The smallest absolute Gasteiger partial charge is 0.261 e. The molecule has 6 aromatic rings. The van der Waals surface area contributed by atoms with Crippen molar-refractivity contribution in [3.63, 3.8) is 0 Å². The summed E-state index contributed by atoms with van der Waals surface area (Å²) in [6, 6.07) is 28.4. The van der Waals surface area contributed by atoms with Crippen LogP contribution in [0.1, 0.15) is 82.4 Å². The summed E-state index contributed by atoms with van der Waals surface area (Å²) >= 11 is 3.17. The number of hydrogen-bond acceptors (Lipinski definition) is 6. The molecular formula is C45H46N2O4S2. The number of hydrogen-bond donors (Lipinski definition) is 0. The fraction of sp³-hybridized carbons (Fsp3) is 0.333. The molecule has 0 fully saturated rings. The highest BCUT2D eigenvalue weighted by Gasteiger charge is 2.50. The second-order valence-electron chi connectivity index (χ2n) is 14.6. The summed E-state index contributed by atoms with van der Waals surface area (Å²) in [4.78, 5) is 37.6. The highest BCUT2D eigenvalue weighted by Crippen LogP contribution is 2.51. The Kier molecular flexibility index (Phi) is 10.0. The number of thiophene rings is 2. The minimum Gasteiger partial charge on any atom is -0.455 e. The van der Waals surface area contributed by atoms with Gasteiger partial charge in [0.25, 0.3) is 11.8 Å². The van der Waals surface area contributed by atoms with Gasteiger partial charge in [0, 0.05) is 23.9 Å². The number of furan rings is 2. The standard InChI is InChI=1S/C45H46N2O4S2/c1-5-8-14-28(4)26-46-42(38-22-20-36(52-38)34-24-30-16-10-12-18-32(30)50-34)40-41(44(46)48)43(47(45(40)49)27-29(7-3)15-9-6-2)39-23-21-37(53-39)35-25-31-17-11-13-19-33(31)51-35/h10-13,16-25,28-29H,5-9,14-15,26-27H2,1-4H3. The zero-order valence-electron chi connectivity index (χ0n) is 30.9. The molecule has 4 aromatic heterocycles. The fourth-order valence-electron chi connectivity index (χ4n) is 7.79. The molecule has 0 radical (unpaired) electrons. The van der Waals surface area contributed by atoms with Crippen LogP contribution >= 0.6 is 22.7 Å². The van der Waals surface area contributed by atoms with E-state index in [1.807, 2.05) is 46.2 Å². The number of amides is 2. The summed E-state index contributed by atoms with van der Waals surface area (Å²) in [5.74, 6) is 2.02. The molecule has 6 nitrogen and oxygen atoms in total. The Bertz CT molecular complexity index is 2300. The van der Waals surface area contributed by atoms with E-state index in [2.05, 4.69) is 76.2 Å². The van der Waals surface area contributed by atoms with Crippen LogP contribution in [0.3, 0.4) is 0 Å². The van der Waals surface area contributed by atoms with Crippen molar-refractivity contribution >= 4 is 67.8 Å². The maximum atomic E-state index is 15.0. The summed E-state index contributed by atoms with van der Waals surface area (Å²) in [5, 5.41) is 2.09. The molecule has 0 aliphatic carbocycles. The van der Waals surface area contributed by atoms with Crippen molar-refractivity contribution in [2.24, 2.45) is 11.8 Å². The first-order chi connectivity index (χ1) is 25.9. The molecule has 2 unspecified atom stereocenters. The summed E-state index contributed by atoms with van der Waals surface area (Å²) in [6.07, 6.45) is 7.44. The molecule has 0 saturated carbocycles. The lowest BCUT2D eigenvalue weighted by molar-refractivity contribution is -0.124. The van der Waals surface area contributed by atoms with Crippen molar-refractivity contribution < 1.29 is 18.4 Å². The Morgan fingerprint density at radius 2 is 1.08 bits per heavy atom. The zero-order valence-corrected chi connectivity index (χ0v) is 32.6. The topological polar surface area (TPSA) is 66.9 Å². The molecule has 53 heavy (non-hydrogen) atoms. The van der Waals surface area contributed by atoms with E-state index in [-0.39, 0.29) is 17.7 Å². The number of nitrogens with zero attached hydrogens (tertiary/aromatic N) is 2. The first kappa shape index (κ1) is 35.4. The van der Waals surface area contributed by atoms with Gasteiger partial charge in [0.05, 0.1) is 42.0 Å². The van der Waals surface area contributed by atoms with Crippen molar-refractivity contribution in [2.75, 3.05) is 13.1 Å². The van der Waals surface area contributed by atoms with Gasteiger partial charge in [-0.25, -0.2) is 0 Å². The number of fused-ring (bicyclic) bond motifs is 3. The van der Waals surface area contributed by atoms with Crippen LogP contribution in [0.25, 0.3) is 54.6 Å². The monoisotopic (exact) mass is 742 g/mol. The molecule has 2 aromatic carbocycles. The molecule has 2 aliphatic rings. The van der Waals surface area contributed by atoms with Crippen LogP contribution in [-0.2, 0) is 9.59 Å². The Labute approximate surface area is 319 Å². The van der Waals surface area contributed by atoms with Crippen molar-refractivity contribution in [3.8, 4) is 21.3 Å². The Morgan fingerprint density at radius 1 is 0.604 bits per heavy atom. The van der Waals surface area contributed by atoms with E-state index >= 15 is 4.79 Å². The third-order valence-electron chi connectivity index (χ3n) is 10.7. The normalized spacial score (nSPS) is 15.9. The zero-order chi connectivity index (χ0) is 36.6. The predicted molar refractivity (Wildman–Crippen MR) is 218 cm³/mol. The van der Waals surface area contributed by atoms with E-state index in [0.29, 0.717) is 30.2 Å².